The van der Waals surface area contributed by atoms with Crippen molar-refractivity contribution in [3.8, 4) is 0 Å². The molecule has 0 saturated carbocycles. The predicted octanol–water partition coefficient (Wildman–Crippen LogP) is 2.57. The average Bonchev–Trinajstić information content (AvgIpc) is 3.13. The van der Waals surface area contributed by atoms with Gasteiger partial charge in [0.25, 0.3) is 0 Å². The van der Waals surface area contributed by atoms with Gasteiger partial charge >= 0.3 is 0 Å². The van der Waals surface area contributed by atoms with Gasteiger partial charge in [0.2, 0.25) is 11.8 Å². The topological polar surface area (TPSA) is 62.6 Å². The van der Waals surface area contributed by atoms with Crippen LogP contribution >= 0.6 is 0 Å². The third-order valence-corrected chi connectivity index (χ3v) is 4.03. The molecule has 0 bridgehead atoms. The molecule has 5 nitrogen and oxygen atoms in total. The highest BCUT2D eigenvalue weighted by Gasteiger charge is 2.35. The SMILES string of the molecule is Cc1cc(C)cc(N2C[C@@H](C(=O)NCc3ccco3)CC2=O)c1. The maximum atomic E-state index is 12.3. The molecule has 2 amide bonds. The molecule has 23 heavy (non-hydrogen) atoms. The number of amides is 2. The zero-order chi connectivity index (χ0) is 16.4. The normalized spacial score (nSPS) is 17.6. The van der Waals surface area contributed by atoms with Gasteiger partial charge in [0.1, 0.15) is 5.76 Å². The number of carbonyl (C=O) groups is 2. The second-order valence-electron chi connectivity index (χ2n) is 6.05. The van der Waals surface area contributed by atoms with Crippen molar-refractivity contribution in [2.75, 3.05) is 11.4 Å². The molecule has 0 spiro atoms. The number of furan rings is 1. The van der Waals surface area contributed by atoms with Gasteiger partial charge in [0.15, 0.2) is 0 Å². The molecule has 1 atom stereocenters. The standard InChI is InChI=1S/C18H20N2O3/c1-12-6-13(2)8-15(7-12)20-11-14(9-17(20)21)18(22)19-10-16-4-3-5-23-16/h3-8,14H,9-11H2,1-2H3,(H,19,22)/t14-/m0/s1. The molecule has 2 aromatic rings. The first-order valence-corrected chi connectivity index (χ1v) is 7.71. The summed E-state index contributed by atoms with van der Waals surface area (Å²) in [6, 6.07) is 9.62. The fraction of sp³-hybridized carbons (Fsp3) is 0.333. The zero-order valence-corrected chi connectivity index (χ0v) is 13.3. The molecule has 2 heterocycles. The summed E-state index contributed by atoms with van der Waals surface area (Å²) in [5.74, 6) is 0.266. The number of anilines is 1. The molecule has 1 aromatic heterocycles. The van der Waals surface area contributed by atoms with E-state index < -0.39 is 0 Å². The summed E-state index contributed by atoms with van der Waals surface area (Å²) < 4.78 is 5.19. The first-order valence-electron chi connectivity index (χ1n) is 7.71. The Labute approximate surface area is 135 Å². The van der Waals surface area contributed by atoms with E-state index in [-0.39, 0.29) is 24.2 Å². The predicted molar refractivity (Wildman–Crippen MR) is 86.9 cm³/mol. The van der Waals surface area contributed by atoms with Gasteiger partial charge in [-0.2, -0.15) is 0 Å². The van der Waals surface area contributed by atoms with E-state index in [1.807, 2.05) is 32.0 Å². The Kier molecular flexibility index (Phi) is 4.19. The van der Waals surface area contributed by atoms with Gasteiger partial charge < -0.3 is 14.6 Å². The highest BCUT2D eigenvalue weighted by atomic mass is 16.3. The smallest absolute Gasteiger partial charge is 0.227 e. The monoisotopic (exact) mass is 312 g/mol. The molecule has 1 aliphatic rings. The largest absolute Gasteiger partial charge is 0.467 e. The fourth-order valence-corrected chi connectivity index (χ4v) is 2.97. The molecule has 1 aromatic carbocycles. The van der Waals surface area contributed by atoms with Crippen molar-refractivity contribution in [1.82, 2.24) is 5.32 Å². The average molecular weight is 312 g/mol. The van der Waals surface area contributed by atoms with Crippen LogP contribution in [0.15, 0.2) is 41.0 Å². The zero-order valence-electron chi connectivity index (χ0n) is 13.3. The minimum atomic E-state index is -0.321. The van der Waals surface area contributed by atoms with Crippen molar-refractivity contribution < 1.29 is 14.0 Å². The van der Waals surface area contributed by atoms with Crippen LogP contribution in [-0.4, -0.2) is 18.4 Å². The number of rotatable bonds is 4. The van der Waals surface area contributed by atoms with Gasteiger partial charge in [-0.1, -0.05) is 6.07 Å². The van der Waals surface area contributed by atoms with Crippen LogP contribution in [0.4, 0.5) is 5.69 Å². The Morgan fingerprint density at radius 1 is 1.30 bits per heavy atom. The van der Waals surface area contributed by atoms with Crippen molar-refractivity contribution in [3.63, 3.8) is 0 Å². The second-order valence-corrected chi connectivity index (χ2v) is 6.05. The summed E-state index contributed by atoms with van der Waals surface area (Å²) in [4.78, 5) is 26.2. The van der Waals surface area contributed by atoms with E-state index in [9.17, 15) is 9.59 Å². The van der Waals surface area contributed by atoms with Crippen LogP contribution in [-0.2, 0) is 16.1 Å². The third kappa shape index (κ3) is 3.44. The van der Waals surface area contributed by atoms with E-state index in [2.05, 4.69) is 11.4 Å². The number of nitrogens with one attached hydrogen (secondary N) is 1. The number of hydrogen-bond donors (Lipinski definition) is 1. The minimum Gasteiger partial charge on any atom is -0.467 e. The summed E-state index contributed by atoms with van der Waals surface area (Å²) in [5.41, 5.74) is 3.09. The van der Waals surface area contributed by atoms with E-state index >= 15 is 0 Å². The lowest BCUT2D eigenvalue weighted by Crippen LogP contribution is -2.32. The Morgan fingerprint density at radius 3 is 2.70 bits per heavy atom. The quantitative estimate of drug-likeness (QED) is 0.944. The summed E-state index contributed by atoms with van der Waals surface area (Å²) in [6.07, 6.45) is 1.82. The molecule has 0 aliphatic carbocycles. The van der Waals surface area contributed by atoms with Gasteiger partial charge in [0.05, 0.1) is 18.7 Å². The third-order valence-electron chi connectivity index (χ3n) is 4.03. The van der Waals surface area contributed by atoms with Crippen molar-refractivity contribution in [1.29, 1.82) is 0 Å². The highest BCUT2D eigenvalue weighted by Crippen LogP contribution is 2.27. The van der Waals surface area contributed by atoms with Crippen molar-refractivity contribution in [2.45, 2.75) is 26.8 Å². The van der Waals surface area contributed by atoms with Crippen LogP contribution in [0.25, 0.3) is 0 Å². The molecule has 3 rings (SSSR count). The lowest BCUT2D eigenvalue weighted by molar-refractivity contribution is -0.126. The summed E-state index contributed by atoms with van der Waals surface area (Å²) in [5, 5.41) is 2.83. The molecule has 1 saturated heterocycles. The van der Waals surface area contributed by atoms with Crippen molar-refractivity contribution in [3.05, 3.63) is 53.5 Å². The molecular formula is C18H20N2O3. The highest BCUT2D eigenvalue weighted by molar-refractivity contribution is 6.00. The molecule has 1 fully saturated rings. The van der Waals surface area contributed by atoms with Crippen LogP contribution in [0.1, 0.15) is 23.3 Å². The summed E-state index contributed by atoms with van der Waals surface area (Å²) >= 11 is 0. The number of carbonyl (C=O) groups excluding carboxylic acids is 2. The van der Waals surface area contributed by atoms with Gasteiger partial charge in [0, 0.05) is 18.7 Å². The molecule has 0 radical (unpaired) electrons. The maximum Gasteiger partial charge on any atom is 0.227 e. The molecule has 0 unspecified atom stereocenters. The molecule has 120 valence electrons. The summed E-state index contributed by atoms with van der Waals surface area (Å²) in [6.45, 7) is 4.78. The Bertz CT molecular complexity index is 702. The number of aryl methyl sites for hydroxylation is 2. The number of benzene rings is 1. The Hall–Kier alpha value is -2.56. The number of nitrogens with zero attached hydrogens (tertiary/aromatic N) is 1. The Balaban J connectivity index is 1.65. The minimum absolute atomic E-state index is 0.00634. The van der Waals surface area contributed by atoms with E-state index in [0.717, 1.165) is 16.8 Å². The maximum absolute atomic E-state index is 12.3. The lowest BCUT2D eigenvalue weighted by Gasteiger charge is -2.18. The van der Waals surface area contributed by atoms with E-state index in [1.165, 1.54) is 0 Å². The molecule has 1 aliphatic heterocycles. The van der Waals surface area contributed by atoms with Crippen LogP contribution < -0.4 is 10.2 Å². The van der Waals surface area contributed by atoms with Crippen molar-refractivity contribution in [2.24, 2.45) is 5.92 Å². The first kappa shape index (κ1) is 15.3. The van der Waals surface area contributed by atoms with Crippen molar-refractivity contribution >= 4 is 17.5 Å². The first-order chi connectivity index (χ1) is 11.0. The van der Waals surface area contributed by atoms with Crippen LogP contribution in [0.3, 0.4) is 0 Å². The van der Waals surface area contributed by atoms with E-state index in [4.69, 9.17) is 4.42 Å². The van der Waals surface area contributed by atoms with Gasteiger partial charge in [-0.25, -0.2) is 0 Å². The van der Waals surface area contributed by atoms with Gasteiger partial charge in [-0.15, -0.1) is 0 Å². The van der Waals surface area contributed by atoms with E-state index in [1.54, 1.807) is 17.2 Å². The van der Waals surface area contributed by atoms with Crippen LogP contribution in [0.5, 0.6) is 0 Å². The molecule has 1 N–H and O–H groups in total. The second kappa shape index (κ2) is 6.28. The lowest BCUT2D eigenvalue weighted by atomic mass is 10.1. The van der Waals surface area contributed by atoms with Crippen LogP contribution in [0, 0.1) is 19.8 Å². The van der Waals surface area contributed by atoms with Gasteiger partial charge in [-0.3, -0.25) is 9.59 Å². The summed E-state index contributed by atoms with van der Waals surface area (Å²) in [7, 11) is 0. The number of hydrogen-bond acceptors (Lipinski definition) is 3. The Morgan fingerprint density at radius 2 is 2.04 bits per heavy atom. The van der Waals surface area contributed by atoms with Gasteiger partial charge in [-0.05, 0) is 49.2 Å². The fourth-order valence-electron chi connectivity index (χ4n) is 2.97. The van der Waals surface area contributed by atoms with Crippen LogP contribution in [0.2, 0.25) is 0 Å². The molecule has 5 heteroatoms. The van der Waals surface area contributed by atoms with E-state index in [0.29, 0.717) is 18.8 Å². The molecular weight excluding hydrogens is 292 g/mol.